The molecule has 0 amide bonds. The van der Waals surface area contributed by atoms with E-state index in [0.29, 0.717) is 29.4 Å². The maximum Gasteiger partial charge on any atom is 0.185 e. The number of nitrogens with one attached hydrogen (secondary N) is 1. The number of rotatable bonds is 4. The molecule has 0 bridgehead atoms. The third kappa shape index (κ3) is 3.05. The quantitative estimate of drug-likeness (QED) is 0.766. The zero-order valence-corrected chi connectivity index (χ0v) is 13.9. The van der Waals surface area contributed by atoms with E-state index < -0.39 is 11.6 Å². The van der Waals surface area contributed by atoms with Gasteiger partial charge in [0, 0.05) is 25.0 Å². The molecule has 1 fully saturated rings. The highest BCUT2D eigenvalue weighted by Crippen LogP contribution is 2.27. The second kappa shape index (κ2) is 6.82. The molecule has 1 saturated heterocycles. The van der Waals surface area contributed by atoms with E-state index in [4.69, 9.17) is 0 Å². The summed E-state index contributed by atoms with van der Waals surface area (Å²) in [6.07, 6.45) is 2.13. The molecule has 7 heteroatoms. The number of anilines is 2. The topological polar surface area (TPSA) is 41.0 Å². The molecule has 26 heavy (non-hydrogen) atoms. The second-order valence-corrected chi connectivity index (χ2v) is 6.41. The number of hydrogen-bond acceptors (Lipinski definition) is 4. The summed E-state index contributed by atoms with van der Waals surface area (Å²) in [5.74, 6) is -1.36. The lowest BCUT2D eigenvalue weighted by atomic mass is 10.1. The second-order valence-electron chi connectivity index (χ2n) is 6.41. The van der Waals surface area contributed by atoms with E-state index in [1.165, 1.54) is 18.5 Å². The van der Waals surface area contributed by atoms with Crippen molar-refractivity contribution in [1.82, 2.24) is 9.97 Å². The van der Waals surface area contributed by atoms with Gasteiger partial charge in [0.25, 0.3) is 0 Å². The van der Waals surface area contributed by atoms with Gasteiger partial charge in [0.1, 0.15) is 23.5 Å². The van der Waals surface area contributed by atoms with Crippen LogP contribution in [-0.4, -0.2) is 29.6 Å². The average molecular weight is 358 g/mol. The monoisotopic (exact) mass is 358 g/mol. The fourth-order valence-electron chi connectivity index (χ4n) is 3.38. The predicted molar refractivity (Wildman–Crippen MR) is 94.7 cm³/mol. The van der Waals surface area contributed by atoms with E-state index in [2.05, 4.69) is 15.3 Å². The minimum atomic E-state index is -0.973. The van der Waals surface area contributed by atoms with Crippen LogP contribution >= 0.6 is 0 Å². The number of fused-ring (bicyclic) bond motifs is 1. The van der Waals surface area contributed by atoms with E-state index in [0.717, 1.165) is 25.6 Å². The predicted octanol–water partition coefficient (Wildman–Crippen LogP) is 3.99. The van der Waals surface area contributed by atoms with Crippen LogP contribution in [0, 0.1) is 23.4 Å². The molecular formula is C19H17F3N4. The highest BCUT2D eigenvalue weighted by Gasteiger charge is 2.24. The summed E-state index contributed by atoms with van der Waals surface area (Å²) in [5.41, 5.74) is 0.571. The normalized spacial score (nSPS) is 17.0. The summed E-state index contributed by atoms with van der Waals surface area (Å²) >= 11 is 0. The first-order chi connectivity index (χ1) is 12.6. The van der Waals surface area contributed by atoms with Crippen molar-refractivity contribution in [2.24, 2.45) is 5.92 Å². The summed E-state index contributed by atoms with van der Waals surface area (Å²) < 4.78 is 41.1. The Morgan fingerprint density at radius 2 is 1.88 bits per heavy atom. The van der Waals surface area contributed by atoms with Crippen LogP contribution in [0.2, 0.25) is 0 Å². The standard InChI is InChI=1S/C19H17F3N4/c20-14-3-1-2-4-16(14)26-8-7-12(10-26)9-23-19-13-5-6-15(21)17(22)18(13)24-11-25-19/h1-6,11-12H,7-10H2,(H,23,24,25). The number of hydrogen-bond donors (Lipinski definition) is 1. The van der Waals surface area contributed by atoms with Crippen molar-refractivity contribution in [3.8, 4) is 0 Å². The highest BCUT2D eigenvalue weighted by molar-refractivity contribution is 5.89. The molecule has 3 aromatic rings. The van der Waals surface area contributed by atoms with Crippen LogP contribution in [0.15, 0.2) is 42.7 Å². The zero-order chi connectivity index (χ0) is 18.1. The number of aromatic nitrogens is 2. The average Bonchev–Trinajstić information content (AvgIpc) is 3.12. The molecule has 1 aliphatic rings. The smallest absolute Gasteiger partial charge is 0.185 e. The Labute approximate surface area is 148 Å². The Balaban J connectivity index is 1.46. The van der Waals surface area contributed by atoms with Gasteiger partial charge in [-0.2, -0.15) is 0 Å². The molecule has 1 aliphatic heterocycles. The van der Waals surface area contributed by atoms with E-state index in [1.54, 1.807) is 12.1 Å². The van der Waals surface area contributed by atoms with Crippen molar-refractivity contribution in [3.05, 3.63) is 60.2 Å². The summed E-state index contributed by atoms with van der Waals surface area (Å²) in [7, 11) is 0. The zero-order valence-electron chi connectivity index (χ0n) is 13.9. The summed E-state index contributed by atoms with van der Waals surface area (Å²) in [4.78, 5) is 10.00. The first-order valence-corrected chi connectivity index (χ1v) is 8.45. The van der Waals surface area contributed by atoms with Crippen LogP contribution in [0.5, 0.6) is 0 Å². The lowest BCUT2D eigenvalue weighted by molar-refractivity contribution is 0.515. The number of halogens is 3. The number of para-hydroxylation sites is 1. The third-order valence-corrected chi connectivity index (χ3v) is 4.73. The minimum Gasteiger partial charge on any atom is -0.369 e. The molecule has 0 aliphatic carbocycles. The van der Waals surface area contributed by atoms with Gasteiger partial charge in [-0.15, -0.1) is 0 Å². The van der Waals surface area contributed by atoms with Crippen LogP contribution < -0.4 is 10.2 Å². The maximum absolute atomic E-state index is 13.9. The van der Waals surface area contributed by atoms with Gasteiger partial charge in [0.15, 0.2) is 11.6 Å². The largest absolute Gasteiger partial charge is 0.369 e. The Bertz CT molecular complexity index is 947. The summed E-state index contributed by atoms with van der Waals surface area (Å²) in [6, 6.07) is 9.28. The van der Waals surface area contributed by atoms with E-state index >= 15 is 0 Å². The molecular weight excluding hydrogens is 341 g/mol. The van der Waals surface area contributed by atoms with Crippen LogP contribution in [-0.2, 0) is 0 Å². The Kier molecular flexibility index (Phi) is 4.36. The molecule has 4 rings (SSSR count). The molecule has 1 unspecified atom stereocenters. The molecule has 134 valence electrons. The molecule has 0 spiro atoms. The van der Waals surface area contributed by atoms with Crippen molar-refractivity contribution in [2.75, 3.05) is 29.9 Å². The molecule has 0 saturated carbocycles. The van der Waals surface area contributed by atoms with E-state index in [-0.39, 0.29) is 11.3 Å². The molecule has 2 heterocycles. The van der Waals surface area contributed by atoms with Crippen LogP contribution in [0.3, 0.4) is 0 Å². The van der Waals surface area contributed by atoms with Gasteiger partial charge in [0.05, 0.1) is 5.69 Å². The fourth-order valence-corrected chi connectivity index (χ4v) is 3.38. The fraction of sp³-hybridized carbons (Fsp3) is 0.263. The van der Waals surface area contributed by atoms with Crippen molar-refractivity contribution < 1.29 is 13.2 Å². The van der Waals surface area contributed by atoms with Crippen molar-refractivity contribution in [2.45, 2.75) is 6.42 Å². The third-order valence-electron chi connectivity index (χ3n) is 4.73. The Morgan fingerprint density at radius 3 is 2.73 bits per heavy atom. The lowest BCUT2D eigenvalue weighted by Crippen LogP contribution is -2.23. The van der Waals surface area contributed by atoms with Gasteiger partial charge in [-0.1, -0.05) is 12.1 Å². The van der Waals surface area contributed by atoms with Gasteiger partial charge in [0.2, 0.25) is 0 Å². The molecule has 1 N–H and O–H groups in total. The van der Waals surface area contributed by atoms with E-state index in [1.807, 2.05) is 11.0 Å². The van der Waals surface area contributed by atoms with Crippen LogP contribution in [0.25, 0.3) is 10.9 Å². The number of nitrogens with zero attached hydrogens (tertiary/aromatic N) is 3. The maximum atomic E-state index is 13.9. The van der Waals surface area contributed by atoms with Crippen LogP contribution in [0.4, 0.5) is 24.7 Å². The van der Waals surface area contributed by atoms with Gasteiger partial charge in [-0.25, -0.2) is 23.1 Å². The Hall–Kier alpha value is -2.83. The van der Waals surface area contributed by atoms with Crippen molar-refractivity contribution >= 4 is 22.4 Å². The van der Waals surface area contributed by atoms with Crippen LogP contribution in [0.1, 0.15) is 6.42 Å². The molecule has 4 nitrogen and oxygen atoms in total. The van der Waals surface area contributed by atoms with Crippen molar-refractivity contribution in [1.29, 1.82) is 0 Å². The van der Waals surface area contributed by atoms with E-state index in [9.17, 15) is 13.2 Å². The summed E-state index contributed by atoms with van der Waals surface area (Å²) in [6.45, 7) is 2.10. The molecule has 2 aromatic carbocycles. The van der Waals surface area contributed by atoms with Gasteiger partial charge >= 0.3 is 0 Å². The minimum absolute atomic E-state index is 0.0399. The highest BCUT2D eigenvalue weighted by atomic mass is 19.2. The SMILES string of the molecule is Fc1ccccc1N1CCC(CNc2ncnc3c(F)c(F)ccc23)C1. The first kappa shape index (κ1) is 16.6. The van der Waals surface area contributed by atoms with Gasteiger partial charge < -0.3 is 10.2 Å². The molecule has 1 aromatic heterocycles. The molecule has 0 radical (unpaired) electrons. The van der Waals surface area contributed by atoms with Crippen molar-refractivity contribution in [3.63, 3.8) is 0 Å². The lowest BCUT2D eigenvalue weighted by Gasteiger charge is -2.19. The first-order valence-electron chi connectivity index (χ1n) is 8.45. The van der Waals surface area contributed by atoms with Gasteiger partial charge in [-0.05, 0) is 36.6 Å². The van der Waals surface area contributed by atoms with Gasteiger partial charge in [-0.3, -0.25) is 0 Å². The number of benzene rings is 2. The molecule has 1 atom stereocenters. The Morgan fingerprint density at radius 1 is 1.04 bits per heavy atom. The summed E-state index contributed by atoms with van der Waals surface area (Å²) in [5, 5.41) is 3.64.